The minimum atomic E-state index is -1.42. The monoisotopic (exact) mass is 635 g/mol. The Morgan fingerprint density at radius 2 is 0.800 bits per heavy atom. The molecule has 0 saturated heterocycles. The van der Waals surface area contributed by atoms with Crippen molar-refractivity contribution in [2.75, 3.05) is 13.2 Å². The predicted molar refractivity (Wildman–Crippen MR) is 189 cm³/mol. The van der Waals surface area contributed by atoms with E-state index in [-0.39, 0.29) is 17.2 Å². The Bertz CT molecular complexity index is 868. The number of benzene rings is 1. The summed E-state index contributed by atoms with van der Waals surface area (Å²) in [7, 11) is 0. The molecular formula is C39H70O6. The summed E-state index contributed by atoms with van der Waals surface area (Å²) in [5.74, 6) is 0.685. The standard InChI is InChI=1S/C39H70O6/c1-5-9-13-17-19-23-27-31-43-37-34(30-26-22-16-12-8-4)33(29-25-21-15-11-7-3)36(45-39(41)42)35(40)38(37)44-32-28-24-20-18-14-10-6-2/h40H,5-32H2,1-4H3,(H,41,42). The lowest BCUT2D eigenvalue weighted by atomic mass is 9.93. The summed E-state index contributed by atoms with van der Waals surface area (Å²) in [4.78, 5) is 11.9. The van der Waals surface area contributed by atoms with Gasteiger partial charge in [0, 0.05) is 11.1 Å². The van der Waals surface area contributed by atoms with Crippen molar-refractivity contribution in [1.82, 2.24) is 0 Å². The first kappa shape index (κ1) is 40.9. The molecule has 262 valence electrons. The molecule has 0 aliphatic heterocycles. The summed E-state index contributed by atoms with van der Waals surface area (Å²) in [6.07, 6.45) is 27.6. The van der Waals surface area contributed by atoms with Crippen molar-refractivity contribution in [3.05, 3.63) is 11.1 Å². The second kappa shape index (κ2) is 28.1. The van der Waals surface area contributed by atoms with Gasteiger partial charge in [0.15, 0.2) is 11.5 Å². The molecule has 0 aliphatic rings. The molecule has 0 atom stereocenters. The zero-order valence-corrected chi connectivity index (χ0v) is 29.8. The first-order valence-corrected chi connectivity index (χ1v) is 19.1. The fourth-order valence-electron chi connectivity index (χ4n) is 6.05. The Hall–Kier alpha value is -2.11. The molecular weight excluding hydrogens is 564 g/mol. The van der Waals surface area contributed by atoms with Crippen molar-refractivity contribution in [3.63, 3.8) is 0 Å². The van der Waals surface area contributed by atoms with Crippen LogP contribution in [0.4, 0.5) is 4.79 Å². The van der Waals surface area contributed by atoms with Gasteiger partial charge in [-0.1, -0.05) is 156 Å². The Morgan fingerprint density at radius 1 is 0.467 bits per heavy atom. The first-order valence-electron chi connectivity index (χ1n) is 19.1. The average molecular weight is 635 g/mol. The number of hydrogen-bond donors (Lipinski definition) is 2. The second-order valence-corrected chi connectivity index (χ2v) is 12.9. The van der Waals surface area contributed by atoms with Gasteiger partial charge in [0.25, 0.3) is 0 Å². The number of phenols is 1. The second-order valence-electron chi connectivity index (χ2n) is 12.9. The van der Waals surface area contributed by atoms with Crippen molar-refractivity contribution in [3.8, 4) is 23.0 Å². The van der Waals surface area contributed by atoms with Crippen LogP contribution in [0.25, 0.3) is 0 Å². The van der Waals surface area contributed by atoms with E-state index >= 15 is 0 Å². The Balaban J connectivity index is 3.31. The molecule has 0 spiro atoms. The number of hydrogen-bond acceptors (Lipinski definition) is 5. The summed E-state index contributed by atoms with van der Waals surface area (Å²) in [5, 5.41) is 21.2. The van der Waals surface area contributed by atoms with Crippen LogP contribution in [0.1, 0.15) is 193 Å². The maximum Gasteiger partial charge on any atom is 0.511 e. The topological polar surface area (TPSA) is 85.2 Å². The van der Waals surface area contributed by atoms with E-state index in [1.807, 2.05) is 0 Å². The van der Waals surface area contributed by atoms with Gasteiger partial charge in [-0.2, -0.15) is 0 Å². The summed E-state index contributed by atoms with van der Waals surface area (Å²) < 4.78 is 18.2. The summed E-state index contributed by atoms with van der Waals surface area (Å²) >= 11 is 0. The maximum absolute atomic E-state index is 11.9. The van der Waals surface area contributed by atoms with Crippen LogP contribution in [0.15, 0.2) is 0 Å². The third kappa shape index (κ3) is 18.6. The molecule has 1 rings (SSSR count). The summed E-state index contributed by atoms with van der Waals surface area (Å²) in [6, 6.07) is 0. The van der Waals surface area contributed by atoms with Gasteiger partial charge in [0.05, 0.1) is 13.2 Å². The summed E-state index contributed by atoms with van der Waals surface area (Å²) in [6.45, 7) is 9.90. The van der Waals surface area contributed by atoms with Crippen LogP contribution in [0.2, 0.25) is 0 Å². The highest BCUT2D eigenvalue weighted by Crippen LogP contribution is 2.50. The van der Waals surface area contributed by atoms with Crippen molar-refractivity contribution in [2.45, 2.75) is 195 Å². The molecule has 0 heterocycles. The van der Waals surface area contributed by atoms with Gasteiger partial charge in [-0.3, -0.25) is 0 Å². The van der Waals surface area contributed by atoms with Crippen LogP contribution in [0, 0.1) is 0 Å². The number of rotatable bonds is 31. The van der Waals surface area contributed by atoms with E-state index in [1.165, 1.54) is 96.3 Å². The number of phenolic OH excluding ortho intramolecular Hbond substituents is 1. The average Bonchev–Trinajstić information content (AvgIpc) is 3.02. The molecule has 2 N–H and O–H groups in total. The molecule has 0 bridgehead atoms. The number of carbonyl (C=O) groups is 1. The van der Waals surface area contributed by atoms with E-state index in [0.29, 0.717) is 25.4 Å². The van der Waals surface area contributed by atoms with Crippen molar-refractivity contribution < 1.29 is 29.2 Å². The van der Waals surface area contributed by atoms with Crippen LogP contribution in [0.5, 0.6) is 23.0 Å². The Kier molecular flexibility index (Phi) is 25.6. The zero-order valence-electron chi connectivity index (χ0n) is 29.8. The molecule has 0 saturated carbocycles. The molecule has 45 heavy (non-hydrogen) atoms. The van der Waals surface area contributed by atoms with Gasteiger partial charge >= 0.3 is 6.16 Å². The molecule has 0 aliphatic carbocycles. The smallest absolute Gasteiger partial charge is 0.502 e. The molecule has 6 nitrogen and oxygen atoms in total. The molecule has 0 aromatic heterocycles. The van der Waals surface area contributed by atoms with Gasteiger partial charge in [-0.05, 0) is 38.5 Å². The van der Waals surface area contributed by atoms with Gasteiger partial charge < -0.3 is 24.4 Å². The molecule has 1 aromatic rings. The molecule has 0 fully saturated rings. The molecule has 0 unspecified atom stereocenters. The van der Waals surface area contributed by atoms with Crippen LogP contribution in [-0.2, 0) is 12.8 Å². The first-order chi connectivity index (χ1) is 22.0. The van der Waals surface area contributed by atoms with Gasteiger partial charge in [-0.25, -0.2) is 4.79 Å². The lowest BCUT2D eigenvalue weighted by Gasteiger charge is -2.23. The Morgan fingerprint density at radius 3 is 1.20 bits per heavy atom. The van der Waals surface area contributed by atoms with Crippen LogP contribution >= 0.6 is 0 Å². The molecule has 1 aromatic carbocycles. The van der Waals surface area contributed by atoms with Crippen LogP contribution in [0.3, 0.4) is 0 Å². The quantitative estimate of drug-likeness (QED) is 0.0480. The van der Waals surface area contributed by atoms with E-state index < -0.39 is 6.16 Å². The van der Waals surface area contributed by atoms with Crippen molar-refractivity contribution in [1.29, 1.82) is 0 Å². The van der Waals surface area contributed by atoms with E-state index in [9.17, 15) is 15.0 Å². The highest BCUT2D eigenvalue weighted by Gasteiger charge is 2.28. The lowest BCUT2D eigenvalue weighted by molar-refractivity contribution is 0.141. The normalized spacial score (nSPS) is 11.2. The fourth-order valence-corrected chi connectivity index (χ4v) is 6.05. The third-order valence-electron chi connectivity index (χ3n) is 8.79. The number of aromatic hydroxyl groups is 1. The van der Waals surface area contributed by atoms with E-state index in [1.54, 1.807) is 0 Å². The summed E-state index contributed by atoms with van der Waals surface area (Å²) in [5.41, 5.74) is 1.74. The van der Waals surface area contributed by atoms with E-state index in [0.717, 1.165) is 75.3 Å². The largest absolute Gasteiger partial charge is 0.511 e. The van der Waals surface area contributed by atoms with Crippen LogP contribution in [-0.4, -0.2) is 29.6 Å². The lowest BCUT2D eigenvalue weighted by Crippen LogP contribution is -2.12. The maximum atomic E-state index is 11.9. The van der Waals surface area contributed by atoms with Crippen molar-refractivity contribution in [2.24, 2.45) is 0 Å². The van der Waals surface area contributed by atoms with Crippen molar-refractivity contribution >= 4 is 6.16 Å². The fraction of sp³-hybridized carbons (Fsp3) is 0.821. The number of carboxylic acid groups (broad SMARTS) is 1. The Labute approximate surface area is 277 Å². The van der Waals surface area contributed by atoms with Crippen LogP contribution < -0.4 is 14.2 Å². The molecule has 0 radical (unpaired) electrons. The van der Waals surface area contributed by atoms with Gasteiger partial charge in [0.2, 0.25) is 11.5 Å². The van der Waals surface area contributed by atoms with E-state index in [4.69, 9.17) is 14.2 Å². The highest BCUT2D eigenvalue weighted by molar-refractivity contribution is 5.71. The number of unbranched alkanes of at least 4 members (excludes halogenated alkanes) is 20. The molecule has 0 amide bonds. The van der Waals surface area contributed by atoms with Gasteiger partial charge in [-0.15, -0.1) is 0 Å². The third-order valence-corrected chi connectivity index (χ3v) is 8.79. The highest BCUT2D eigenvalue weighted by atomic mass is 16.7. The minimum Gasteiger partial charge on any atom is -0.502 e. The number of ether oxygens (including phenoxy) is 3. The SMILES string of the molecule is CCCCCCCCCOc1c(O)c(OC(=O)O)c(CCCCCCC)c(CCCCCCC)c1OCCCCCCCCC. The zero-order chi connectivity index (χ0) is 33.0. The minimum absolute atomic E-state index is 0.0411. The van der Waals surface area contributed by atoms with Gasteiger partial charge in [0.1, 0.15) is 0 Å². The van der Waals surface area contributed by atoms with E-state index in [2.05, 4.69) is 27.7 Å². The predicted octanol–water partition coefficient (Wildman–Crippen LogP) is 12.7. The molecule has 6 heteroatoms.